The maximum atomic E-state index is 11.0. The predicted molar refractivity (Wildman–Crippen MR) is 53.3 cm³/mol. The second kappa shape index (κ2) is 5.54. The third-order valence-corrected chi connectivity index (χ3v) is 2.42. The van der Waals surface area contributed by atoms with E-state index in [1.165, 1.54) is 6.92 Å². The molecule has 8 heteroatoms. The van der Waals surface area contributed by atoms with Gasteiger partial charge in [0, 0.05) is 12.8 Å². The van der Waals surface area contributed by atoms with Crippen LogP contribution in [0.1, 0.15) is 6.92 Å². The van der Waals surface area contributed by atoms with Gasteiger partial charge in [0.1, 0.15) is 15.9 Å². The van der Waals surface area contributed by atoms with Crippen LogP contribution in [0.3, 0.4) is 0 Å². The van der Waals surface area contributed by atoms with Crippen LogP contribution in [0.15, 0.2) is 0 Å². The Hall–Kier alpha value is -1.31. The molecule has 0 unspecified atom stereocenters. The molecule has 0 aromatic rings. The molecule has 0 aliphatic rings. The number of hydrogen-bond acceptors (Lipinski definition) is 4. The van der Waals surface area contributed by atoms with E-state index >= 15 is 0 Å². The minimum absolute atomic E-state index is 0.0446. The van der Waals surface area contributed by atoms with Crippen LogP contribution in [0.2, 0.25) is 0 Å². The van der Waals surface area contributed by atoms with E-state index in [0.29, 0.717) is 0 Å². The zero-order chi connectivity index (χ0) is 12.1. The van der Waals surface area contributed by atoms with Gasteiger partial charge in [-0.3, -0.25) is 4.79 Å². The number of aliphatic carboxylic acids is 1. The zero-order valence-corrected chi connectivity index (χ0v) is 9.30. The Morgan fingerprint density at radius 1 is 1.40 bits per heavy atom. The number of carboxylic acid groups (broad SMARTS) is 1. The van der Waals surface area contributed by atoms with Crippen LogP contribution < -0.4 is 10.6 Å². The number of sulfone groups is 1. The average molecular weight is 238 g/mol. The van der Waals surface area contributed by atoms with Crippen molar-refractivity contribution in [3.8, 4) is 0 Å². The molecule has 0 aliphatic heterocycles. The fraction of sp³-hybridized carbons (Fsp3) is 0.714. The molecule has 0 fully saturated rings. The number of nitrogens with one attached hydrogen (secondary N) is 2. The van der Waals surface area contributed by atoms with Gasteiger partial charge in [0.15, 0.2) is 0 Å². The van der Waals surface area contributed by atoms with Crippen molar-refractivity contribution in [2.75, 3.05) is 18.6 Å². The second-order valence-electron chi connectivity index (χ2n) is 3.09. The van der Waals surface area contributed by atoms with Gasteiger partial charge in [0.2, 0.25) is 0 Å². The Morgan fingerprint density at radius 2 is 1.93 bits per heavy atom. The van der Waals surface area contributed by atoms with E-state index in [0.717, 1.165) is 6.26 Å². The van der Waals surface area contributed by atoms with E-state index in [9.17, 15) is 18.0 Å². The Bertz CT molecular complexity index is 337. The standard InChI is InChI=1S/C7H14N2O5S/c1-5(6(10)11)9-7(12)8-3-4-15(2,13)14/h5H,3-4H2,1-2H3,(H,10,11)(H2,8,9,12)/t5-/m1/s1. The number of amides is 2. The normalized spacial score (nSPS) is 12.9. The van der Waals surface area contributed by atoms with Gasteiger partial charge >= 0.3 is 12.0 Å². The van der Waals surface area contributed by atoms with E-state index in [-0.39, 0.29) is 12.3 Å². The quantitative estimate of drug-likeness (QED) is 0.557. The van der Waals surface area contributed by atoms with Gasteiger partial charge in [0.05, 0.1) is 5.75 Å². The molecule has 7 nitrogen and oxygen atoms in total. The largest absolute Gasteiger partial charge is 0.480 e. The number of rotatable bonds is 5. The minimum atomic E-state index is -3.12. The van der Waals surface area contributed by atoms with Crippen molar-refractivity contribution >= 4 is 21.8 Å². The van der Waals surface area contributed by atoms with Crippen molar-refractivity contribution < 1.29 is 23.1 Å². The molecule has 0 rings (SSSR count). The molecule has 1 atom stereocenters. The van der Waals surface area contributed by atoms with Crippen LogP contribution in [-0.4, -0.2) is 50.1 Å². The summed E-state index contributed by atoms with van der Waals surface area (Å²) in [6, 6.07) is -1.71. The summed E-state index contributed by atoms with van der Waals surface area (Å²) in [7, 11) is -3.12. The SMILES string of the molecule is C[C@@H](NC(=O)NCCS(C)(=O)=O)C(=O)O. The fourth-order valence-electron chi connectivity index (χ4n) is 0.659. The summed E-state index contributed by atoms with van der Waals surface area (Å²) in [6.07, 6.45) is 1.05. The first-order valence-electron chi connectivity index (χ1n) is 4.17. The Labute approximate surface area is 87.8 Å². The van der Waals surface area contributed by atoms with Gasteiger partial charge in [-0.25, -0.2) is 13.2 Å². The number of carboxylic acids is 1. The lowest BCUT2D eigenvalue weighted by Crippen LogP contribution is -2.45. The van der Waals surface area contributed by atoms with Crippen LogP contribution in [0, 0.1) is 0 Å². The summed E-state index contributed by atoms with van der Waals surface area (Å²) in [5, 5.41) is 12.8. The van der Waals surface area contributed by atoms with Gasteiger partial charge in [-0.05, 0) is 6.92 Å². The molecule has 0 spiro atoms. The number of carbonyl (C=O) groups excluding carboxylic acids is 1. The highest BCUT2D eigenvalue weighted by Gasteiger charge is 2.13. The van der Waals surface area contributed by atoms with Crippen molar-refractivity contribution in [1.29, 1.82) is 0 Å². The average Bonchev–Trinajstić information content (AvgIpc) is 2.01. The third kappa shape index (κ3) is 7.74. The van der Waals surface area contributed by atoms with Crippen molar-refractivity contribution in [1.82, 2.24) is 10.6 Å². The number of hydrogen-bond donors (Lipinski definition) is 3. The summed E-state index contributed by atoms with van der Waals surface area (Å²) in [4.78, 5) is 21.3. The topological polar surface area (TPSA) is 113 Å². The minimum Gasteiger partial charge on any atom is -0.480 e. The highest BCUT2D eigenvalue weighted by Crippen LogP contribution is 1.82. The summed E-state index contributed by atoms with van der Waals surface area (Å²) >= 11 is 0. The lowest BCUT2D eigenvalue weighted by atomic mass is 10.3. The summed E-state index contributed by atoms with van der Waals surface area (Å²) in [5.74, 6) is -1.34. The first-order chi connectivity index (χ1) is 6.72. The molecule has 88 valence electrons. The van der Waals surface area contributed by atoms with Gasteiger partial charge in [-0.1, -0.05) is 0 Å². The van der Waals surface area contributed by atoms with Gasteiger partial charge in [-0.15, -0.1) is 0 Å². The molecule has 0 radical (unpaired) electrons. The van der Waals surface area contributed by atoms with Crippen molar-refractivity contribution in [2.45, 2.75) is 13.0 Å². The molecule has 0 aromatic carbocycles. The lowest BCUT2D eigenvalue weighted by Gasteiger charge is -2.09. The van der Waals surface area contributed by atoms with Crippen molar-refractivity contribution in [2.24, 2.45) is 0 Å². The monoisotopic (exact) mass is 238 g/mol. The maximum absolute atomic E-state index is 11.0. The van der Waals surface area contributed by atoms with Gasteiger partial charge < -0.3 is 15.7 Å². The molecule has 15 heavy (non-hydrogen) atoms. The van der Waals surface area contributed by atoms with E-state index in [1.54, 1.807) is 0 Å². The zero-order valence-electron chi connectivity index (χ0n) is 8.48. The van der Waals surface area contributed by atoms with Gasteiger partial charge in [0.25, 0.3) is 0 Å². The smallest absolute Gasteiger partial charge is 0.325 e. The number of carbonyl (C=O) groups is 2. The summed E-state index contributed by atoms with van der Waals surface area (Å²) in [6.45, 7) is 1.26. The Morgan fingerprint density at radius 3 is 2.33 bits per heavy atom. The molecule has 0 saturated carbocycles. The first kappa shape index (κ1) is 13.7. The molecule has 0 aliphatic carbocycles. The number of urea groups is 1. The van der Waals surface area contributed by atoms with Crippen molar-refractivity contribution in [3.05, 3.63) is 0 Å². The van der Waals surface area contributed by atoms with Crippen LogP contribution in [-0.2, 0) is 14.6 Å². The van der Waals surface area contributed by atoms with Crippen LogP contribution in [0.25, 0.3) is 0 Å². The molecular weight excluding hydrogens is 224 g/mol. The fourth-order valence-corrected chi connectivity index (χ4v) is 1.13. The Balaban J connectivity index is 3.82. The molecule has 0 aromatic heterocycles. The maximum Gasteiger partial charge on any atom is 0.325 e. The third-order valence-electron chi connectivity index (χ3n) is 1.48. The summed E-state index contributed by atoms with van der Waals surface area (Å²) < 4.78 is 21.4. The highest BCUT2D eigenvalue weighted by atomic mass is 32.2. The van der Waals surface area contributed by atoms with Gasteiger partial charge in [-0.2, -0.15) is 0 Å². The van der Waals surface area contributed by atoms with Crippen LogP contribution >= 0.6 is 0 Å². The van der Waals surface area contributed by atoms with Crippen LogP contribution in [0.4, 0.5) is 4.79 Å². The summed E-state index contributed by atoms with van der Waals surface area (Å²) in [5.41, 5.74) is 0. The first-order valence-corrected chi connectivity index (χ1v) is 6.23. The molecule has 3 N–H and O–H groups in total. The van der Waals surface area contributed by atoms with E-state index in [2.05, 4.69) is 10.6 Å². The van der Waals surface area contributed by atoms with Crippen LogP contribution in [0.5, 0.6) is 0 Å². The lowest BCUT2D eigenvalue weighted by molar-refractivity contribution is -0.138. The second-order valence-corrected chi connectivity index (χ2v) is 5.35. The molecule has 2 amide bonds. The molecular formula is C7H14N2O5S. The van der Waals surface area contributed by atoms with Crippen molar-refractivity contribution in [3.63, 3.8) is 0 Å². The van der Waals surface area contributed by atoms with E-state index in [1.807, 2.05) is 0 Å². The molecule has 0 heterocycles. The predicted octanol–water partition coefficient (Wildman–Crippen LogP) is -1.20. The highest BCUT2D eigenvalue weighted by molar-refractivity contribution is 7.90. The van der Waals surface area contributed by atoms with E-state index < -0.39 is 27.9 Å². The Kier molecular flexibility index (Phi) is 5.06. The van der Waals surface area contributed by atoms with E-state index in [4.69, 9.17) is 5.11 Å². The molecule has 0 bridgehead atoms. The molecule has 0 saturated heterocycles.